The molecule has 0 saturated carbocycles. The maximum Gasteiger partial charge on any atom is 0.223 e. The van der Waals surface area contributed by atoms with Crippen molar-refractivity contribution < 1.29 is 4.79 Å². The predicted molar refractivity (Wildman–Crippen MR) is 67.2 cm³/mol. The molecule has 1 amide bonds. The molecule has 0 radical (unpaired) electrons. The molecule has 1 aliphatic heterocycles. The van der Waals surface area contributed by atoms with Gasteiger partial charge in [0.25, 0.3) is 0 Å². The number of nitriles is 1. The van der Waals surface area contributed by atoms with Crippen LogP contribution in [-0.4, -0.2) is 36.5 Å². The van der Waals surface area contributed by atoms with Crippen LogP contribution in [0.2, 0.25) is 0 Å². The topological polar surface area (TPSA) is 56.1 Å². The number of rotatable bonds is 4. The molecule has 0 aromatic rings. The second kappa shape index (κ2) is 6.61. The smallest absolute Gasteiger partial charge is 0.223 e. The monoisotopic (exact) mass is 237 g/mol. The van der Waals surface area contributed by atoms with E-state index in [-0.39, 0.29) is 11.8 Å². The number of hydrogen-bond donors (Lipinski definition) is 1. The Bertz CT molecular complexity index is 288. The first-order valence-electron chi connectivity index (χ1n) is 6.44. The van der Waals surface area contributed by atoms with Gasteiger partial charge in [0.1, 0.15) is 0 Å². The van der Waals surface area contributed by atoms with Crippen molar-refractivity contribution >= 4 is 5.91 Å². The number of hydrogen-bond acceptors (Lipinski definition) is 3. The van der Waals surface area contributed by atoms with Crippen molar-refractivity contribution in [2.75, 3.05) is 19.6 Å². The minimum Gasteiger partial charge on any atom is -0.353 e. The highest BCUT2D eigenvalue weighted by molar-refractivity contribution is 5.78. The van der Waals surface area contributed by atoms with Gasteiger partial charge in [-0.25, -0.2) is 0 Å². The van der Waals surface area contributed by atoms with Gasteiger partial charge in [0, 0.05) is 25.0 Å². The first-order valence-corrected chi connectivity index (χ1v) is 6.44. The van der Waals surface area contributed by atoms with E-state index in [1.165, 1.54) is 0 Å². The number of amides is 1. The van der Waals surface area contributed by atoms with E-state index in [0.29, 0.717) is 18.5 Å². The first kappa shape index (κ1) is 14.0. The highest BCUT2D eigenvalue weighted by Gasteiger charge is 2.23. The van der Waals surface area contributed by atoms with Crippen LogP contribution in [0.4, 0.5) is 0 Å². The molecular weight excluding hydrogens is 214 g/mol. The van der Waals surface area contributed by atoms with E-state index in [4.69, 9.17) is 5.26 Å². The molecule has 0 aromatic carbocycles. The van der Waals surface area contributed by atoms with Gasteiger partial charge >= 0.3 is 0 Å². The van der Waals surface area contributed by atoms with E-state index in [0.717, 1.165) is 25.9 Å². The van der Waals surface area contributed by atoms with E-state index in [9.17, 15) is 4.79 Å². The van der Waals surface area contributed by atoms with Gasteiger partial charge < -0.3 is 5.32 Å². The number of nitrogens with zero attached hydrogens (tertiary/aromatic N) is 2. The summed E-state index contributed by atoms with van der Waals surface area (Å²) in [5.41, 5.74) is 0. The molecule has 0 aromatic heterocycles. The Hall–Kier alpha value is -1.08. The van der Waals surface area contributed by atoms with Crippen molar-refractivity contribution in [1.82, 2.24) is 10.2 Å². The second-order valence-corrected chi connectivity index (χ2v) is 5.25. The van der Waals surface area contributed by atoms with E-state index in [2.05, 4.69) is 30.1 Å². The van der Waals surface area contributed by atoms with Crippen LogP contribution >= 0.6 is 0 Å². The number of nitrogens with one attached hydrogen (secondary N) is 1. The van der Waals surface area contributed by atoms with Gasteiger partial charge in [-0.2, -0.15) is 5.26 Å². The van der Waals surface area contributed by atoms with Gasteiger partial charge in [-0.1, -0.05) is 20.8 Å². The molecule has 0 spiro atoms. The van der Waals surface area contributed by atoms with Crippen LogP contribution < -0.4 is 5.32 Å². The van der Waals surface area contributed by atoms with Crippen LogP contribution in [-0.2, 0) is 4.79 Å². The Morgan fingerprint density at radius 3 is 2.47 bits per heavy atom. The van der Waals surface area contributed by atoms with E-state index >= 15 is 0 Å². The quantitative estimate of drug-likeness (QED) is 0.752. The Morgan fingerprint density at radius 1 is 1.41 bits per heavy atom. The summed E-state index contributed by atoms with van der Waals surface area (Å²) in [6.07, 6.45) is 1.91. The van der Waals surface area contributed by atoms with Crippen molar-refractivity contribution in [3.05, 3.63) is 0 Å². The minimum atomic E-state index is 0.0761. The summed E-state index contributed by atoms with van der Waals surface area (Å²) in [6, 6.07) is 2.46. The average molecular weight is 237 g/mol. The van der Waals surface area contributed by atoms with Crippen molar-refractivity contribution in [2.45, 2.75) is 39.7 Å². The summed E-state index contributed by atoms with van der Waals surface area (Å²) < 4.78 is 0. The lowest BCUT2D eigenvalue weighted by atomic mass is 9.96. The Morgan fingerprint density at radius 2 is 2.00 bits per heavy atom. The van der Waals surface area contributed by atoms with Crippen LogP contribution in [0.15, 0.2) is 0 Å². The fraction of sp³-hybridized carbons (Fsp3) is 0.846. The minimum absolute atomic E-state index is 0.0761. The van der Waals surface area contributed by atoms with Gasteiger partial charge in [-0.3, -0.25) is 9.69 Å². The summed E-state index contributed by atoms with van der Waals surface area (Å²) >= 11 is 0. The zero-order chi connectivity index (χ0) is 12.8. The molecule has 1 saturated heterocycles. The standard InChI is InChI=1S/C13H23N3O/c1-10(2)11(3)13(17)15-12-4-7-16(8-5-12)9-6-14/h10-12H,4-5,7-9H2,1-3H3,(H,15,17). The third kappa shape index (κ3) is 4.35. The van der Waals surface area contributed by atoms with Gasteiger partial charge in [-0.05, 0) is 18.8 Å². The third-order valence-corrected chi connectivity index (χ3v) is 3.64. The molecule has 4 heteroatoms. The van der Waals surface area contributed by atoms with Gasteiger partial charge in [0.05, 0.1) is 12.6 Å². The largest absolute Gasteiger partial charge is 0.353 e. The molecule has 1 unspecified atom stereocenters. The Balaban J connectivity index is 2.31. The summed E-state index contributed by atoms with van der Waals surface area (Å²) in [5.74, 6) is 0.625. The van der Waals surface area contributed by atoms with Crippen LogP contribution in [0.25, 0.3) is 0 Å². The summed E-state index contributed by atoms with van der Waals surface area (Å²) in [7, 11) is 0. The normalized spacial score (nSPS) is 19.9. The molecule has 1 rings (SSSR count). The molecule has 1 fully saturated rings. The molecule has 96 valence electrons. The molecule has 1 aliphatic rings. The molecule has 1 heterocycles. The van der Waals surface area contributed by atoms with E-state index < -0.39 is 0 Å². The zero-order valence-electron chi connectivity index (χ0n) is 11.1. The molecule has 17 heavy (non-hydrogen) atoms. The van der Waals surface area contributed by atoms with Gasteiger partial charge in [-0.15, -0.1) is 0 Å². The molecular formula is C13H23N3O. The maximum absolute atomic E-state index is 11.9. The highest BCUT2D eigenvalue weighted by atomic mass is 16.1. The zero-order valence-corrected chi connectivity index (χ0v) is 11.1. The SMILES string of the molecule is CC(C)C(C)C(=O)NC1CCN(CC#N)CC1. The number of likely N-dealkylation sites (tertiary alicyclic amines) is 1. The Labute approximate surface area is 104 Å². The number of piperidine rings is 1. The van der Waals surface area contributed by atoms with Crippen LogP contribution in [0.1, 0.15) is 33.6 Å². The number of carbonyl (C=O) groups is 1. The van der Waals surface area contributed by atoms with Crippen molar-refractivity contribution in [3.8, 4) is 6.07 Å². The first-order chi connectivity index (χ1) is 8.04. The molecule has 1 atom stereocenters. The van der Waals surface area contributed by atoms with Crippen molar-refractivity contribution in [1.29, 1.82) is 5.26 Å². The maximum atomic E-state index is 11.9. The molecule has 0 bridgehead atoms. The van der Waals surface area contributed by atoms with E-state index in [1.54, 1.807) is 0 Å². The fourth-order valence-electron chi connectivity index (χ4n) is 1.97. The van der Waals surface area contributed by atoms with Gasteiger partial charge in [0.15, 0.2) is 0 Å². The molecule has 0 aliphatic carbocycles. The second-order valence-electron chi connectivity index (χ2n) is 5.25. The van der Waals surface area contributed by atoms with Crippen LogP contribution in [0, 0.1) is 23.2 Å². The van der Waals surface area contributed by atoms with Crippen molar-refractivity contribution in [2.24, 2.45) is 11.8 Å². The predicted octanol–water partition coefficient (Wildman–Crippen LogP) is 1.38. The Kier molecular flexibility index (Phi) is 5.43. The molecule has 1 N–H and O–H groups in total. The lowest BCUT2D eigenvalue weighted by molar-refractivity contribution is -0.126. The molecule has 4 nitrogen and oxygen atoms in total. The van der Waals surface area contributed by atoms with Crippen LogP contribution in [0.5, 0.6) is 0 Å². The van der Waals surface area contributed by atoms with Gasteiger partial charge in [0.2, 0.25) is 5.91 Å². The third-order valence-electron chi connectivity index (χ3n) is 3.64. The number of carbonyl (C=O) groups excluding carboxylic acids is 1. The summed E-state index contributed by atoms with van der Waals surface area (Å²) in [6.45, 7) is 8.44. The van der Waals surface area contributed by atoms with E-state index in [1.807, 2.05) is 6.92 Å². The van der Waals surface area contributed by atoms with Crippen molar-refractivity contribution in [3.63, 3.8) is 0 Å². The lowest BCUT2D eigenvalue weighted by Crippen LogP contribution is -2.46. The van der Waals surface area contributed by atoms with Crippen LogP contribution in [0.3, 0.4) is 0 Å². The summed E-state index contributed by atoms with van der Waals surface area (Å²) in [4.78, 5) is 14.0. The highest BCUT2D eigenvalue weighted by Crippen LogP contribution is 2.13. The fourth-order valence-corrected chi connectivity index (χ4v) is 1.97. The average Bonchev–Trinajstić information content (AvgIpc) is 2.30. The lowest BCUT2D eigenvalue weighted by Gasteiger charge is -2.31. The summed E-state index contributed by atoms with van der Waals surface area (Å²) in [5, 5.41) is 11.7.